The number of carboxylic acids is 1. The zero-order valence-corrected chi connectivity index (χ0v) is 16.0. The Hall–Kier alpha value is -1.92. The molecule has 1 aliphatic heterocycles. The first-order chi connectivity index (χ1) is 13.1. The van der Waals surface area contributed by atoms with E-state index in [-0.39, 0.29) is 12.6 Å². The Morgan fingerprint density at radius 2 is 1.74 bits per heavy atom. The maximum Gasteiger partial charge on any atom is 0.329 e. The Morgan fingerprint density at radius 3 is 2.41 bits per heavy atom. The SMILES string of the molecule is O=C(O)COCCN1CCN([C@@H](c2ccccc2)c2cccc(Cl)c2)CC1. The van der Waals surface area contributed by atoms with Gasteiger partial charge >= 0.3 is 5.97 Å². The number of benzene rings is 2. The Balaban J connectivity index is 1.64. The number of carboxylic acid groups (broad SMARTS) is 1. The van der Waals surface area contributed by atoms with Crippen LogP contribution in [0.25, 0.3) is 0 Å². The van der Waals surface area contributed by atoms with E-state index in [0.29, 0.717) is 6.61 Å². The van der Waals surface area contributed by atoms with E-state index >= 15 is 0 Å². The molecule has 1 fully saturated rings. The standard InChI is InChI=1S/C21H25ClN2O3/c22-19-8-4-7-18(15-19)21(17-5-2-1-3-6-17)24-11-9-23(10-12-24)13-14-27-16-20(25)26/h1-8,15,21H,9-14,16H2,(H,25,26)/t21-/m0/s1. The van der Waals surface area contributed by atoms with Gasteiger partial charge in [0.25, 0.3) is 0 Å². The van der Waals surface area contributed by atoms with Crippen molar-refractivity contribution in [2.75, 3.05) is 45.9 Å². The first-order valence-corrected chi connectivity index (χ1v) is 9.57. The van der Waals surface area contributed by atoms with Gasteiger partial charge in [-0.2, -0.15) is 0 Å². The smallest absolute Gasteiger partial charge is 0.329 e. The molecule has 0 amide bonds. The highest BCUT2D eigenvalue weighted by Gasteiger charge is 2.26. The van der Waals surface area contributed by atoms with Gasteiger partial charge in [-0.1, -0.05) is 54.1 Å². The van der Waals surface area contributed by atoms with Gasteiger partial charge in [0.1, 0.15) is 6.61 Å². The second-order valence-electron chi connectivity index (χ2n) is 6.69. The lowest BCUT2D eigenvalue weighted by Crippen LogP contribution is -2.48. The molecular weight excluding hydrogens is 364 g/mol. The van der Waals surface area contributed by atoms with Crippen molar-refractivity contribution in [3.63, 3.8) is 0 Å². The van der Waals surface area contributed by atoms with Gasteiger partial charge in [0.15, 0.2) is 0 Å². The summed E-state index contributed by atoms with van der Waals surface area (Å²) in [4.78, 5) is 15.3. The van der Waals surface area contributed by atoms with Crippen LogP contribution in [0.4, 0.5) is 0 Å². The molecule has 0 bridgehead atoms. The van der Waals surface area contributed by atoms with Gasteiger partial charge in [0.2, 0.25) is 0 Å². The van der Waals surface area contributed by atoms with Crippen LogP contribution in [0, 0.1) is 0 Å². The molecule has 1 heterocycles. The third-order valence-electron chi connectivity index (χ3n) is 4.83. The van der Waals surface area contributed by atoms with Crippen molar-refractivity contribution in [1.29, 1.82) is 0 Å². The first-order valence-electron chi connectivity index (χ1n) is 9.20. The molecule has 1 atom stereocenters. The van der Waals surface area contributed by atoms with Gasteiger partial charge in [-0.15, -0.1) is 0 Å². The zero-order valence-electron chi connectivity index (χ0n) is 15.3. The maximum absolute atomic E-state index is 10.5. The van der Waals surface area contributed by atoms with Crippen LogP contribution < -0.4 is 0 Å². The molecule has 0 aromatic heterocycles. The van der Waals surface area contributed by atoms with E-state index in [1.54, 1.807) is 0 Å². The van der Waals surface area contributed by atoms with E-state index in [0.717, 1.165) is 37.7 Å². The number of rotatable bonds is 8. The number of halogens is 1. The number of hydrogen-bond acceptors (Lipinski definition) is 4. The molecule has 27 heavy (non-hydrogen) atoms. The highest BCUT2D eigenvalue weighted by molar-refractivity contribution is 6.30. The van der Waals surface area contributed by atoms with Crippen LogP contribution in [0.2, 0.25) is 5.02 Å². The molecule has 1 saturated heterocycles. The van der Waals surface area contributed by atoms with Crippen molar-refractivity contribution < 1.29 is 14.6 Å². The van der Waals surface area contributed by atoms with Crippen molar-refractivity contribution in [2.24, 2.45) is 0 Å². The number of piperazine rings is 1. The fourth-order valence-electron chi connectivity index (χ4n) is 3.52. The Morgan fingerprint density at radius 1 is 1.04 bits per heavy atom. The minimum absolute atomic E-state index is 0.176. The molecule has 1 N–H and O–H groups in total. The monoisotopic (exact) mass is 388 g/mol. The summed E-state index contributed by atoms with van der Waals surface area (Å²) in [5, 5.41) is 9.38. The Kier molecular flexibility index (Phi) is 7.24. The summed E-state index contributed by atoms with van der Waals surface area (Å²) in [5.74, 6) is -0.924. The summed E-state index contributed by atoms with van der Waals surface area (Å²) in [6, 6.07) is 18.8. The average molecular weight is 389 g/mol. The van der Waals surface area contributed by atoms with Crippen LogP contribution in [0.15, 0.2) is 54.6 Å². The minimum Gasteiger partial charge on any atom is -0.480 e. The molecule has 144 valence electrons. The number of hydrogen-bond donors (Lipinski definition) is 1. The molecule has 0 saturated carbocycles. The molecule has 0 radical (unpaired) electrons. The van der Waals surface area contributed by atoms with E-state index in [9.17, 15) is 4.79 Å². The van der Waals surface area contributed by atoms with Crippen LogP contribution >= 0.6 is 11.6 Å². The van der Waals surface area contributed by atoms with Crippen molar-refractivity contribution in [3.05, 3.63) is 70.7 Å². The lowest BCUT2D eigenvalue weighted by atomic mass is 9.96. The fourth-order valence-corrected chi connectivity index (χ4v) is 3.72. The van der Waals surface area contributed by atoms with Gasteiger partial charge < -0.3 is 9.84 Å². The second-order valence-corrected chi connectivity index (χ2v) is 7.13. The van der Waals surface area contributed by atoms with E-state index in [1.165, 1.54) is 11.1 Å². The normalized spacial score (nSPS) is 16.9. The van der Waals surface area contributed by atoms with Gasteiger partial charge in [0, 0.05) is 37.7 Å². The largest absolute Gasteiger partial charge is 0.480 e. The summed E-state index contributed by atoms with van der Waals surface area (Å²) >= 11 is 6.25. The van der Waals surface area contributed by atoms with Gasteiger partial charge in [-0.05, 0) is 23.3 Å². The molecule has 2 aromatic carbocycles. The number of nitrogens with zero attached hydrogens (tertiary/aromatic N) is 2. The number of ether oxygens (including phenoxy) is 1. The van der Waals surface area contributed by atoms with Crippen LogP contribution in [-0.4, -0.2) is 66.8 Å². The van der Waals surface area contributed by atoms with Crippen molar-refractivity contribution in [3.8, 4) is 0 Å². The Bertz CT molecular complexity index is 733. The summed E-state index contributed by atoms with van der Waals surface area (Å²) in [6.45, 7) is 4.71. The van der Waals surface area contributed by atoms with E-state index in [4.69, 9.17) is 21.4 Å². The number of aliphatic carboxylic acids is 1. The predicted molar refractivity (Wildman–Crippen MR) is 106 cm³/mol. The molecule has 0 unspecified atom stereocenters. The van der Waals surface area contributed by atoms with Gasteiger partial charge in [-0.25, -0.2) is 4.79 Å². The minimum atomic E-state index is -0.924. The van der Waals surface area contributed by atoms with Gasteiger partial charge in [0.05, 0.1) is 12.6 Å². The fraction of sp³-hybridized carbons (Fsp3) is 0.381. The molecule has 1 aliphatic rings. The van der Waals surface area contributed by atoms with Crippen LogP contribution in [-0.2, 0) is 9.53 Å². The molecule has 2 aromatic rings. The number of carbonyl (C=O) groups is 1. The summed E-state index contributed by atoms with van der Waals surface area (Å²) < 4.78 is 5.15. The summed E-state index contributed by atoms with van der Waals surface area (Å²) in [5.41, 5.74) is 2.46. The predicted octanol–water partition coefficient (Wildman–Crippen LogP) is 3.15. The summed E-state index contributed by atoms with van der Waals surface area (Å²) in [7, 11) is 0. The average Bonchev–Trinajstić information content (AvgIpc) is 2.67. The quantitative estimate of drug-likeness (QED) is 0.704. The van der Waals surface area contributed by atoms with E-state index in [1.807, 2.05) is 24.3 Å². The zero-order chi connectivity index (χ0) is 19.1. The third kappa shape index (κ3) is 5.78. The van der Waals surface area contributed by atoms with Crippen molar-refractivity contribution in [1.82, 2.24) is 9.80 Å². The summed E-state index contributed by atoms with van der Waals surface area (Å²) in [6.07, 6.45) is 0. The molecule has 0 aliphatic carbocycles. The molecule has 3 rings (SSSR count). The molecule has 5 nitrogen and oxygen atoms in total. The highest BCUT2D eigenvalue weighted by Crippen LogP contribution is 2.30. The first kappa shape index (κ1) is 19.8. The van der Waals surface area contributed by atoms with Crippen molar-refractivity contribution >= 4 is 17.6 Å². The van der Waals surface area contributed by atoms with E-state index < -0.39 is 5.97 Å². The van der Waals surface area contributed by atoms with E-state index in [2.05, 4.69) is 40.1 Å². The highest BCUT2D eigenvalue weighted by atomic mass is 35.5. The van der Waals surface area contributed by atoms with Crippen LogP contribution in [0.3, 0.4) is 0 Å². The lowest BCUT2D eigenvalue weighted by Gasteiger charge is -2.39. The molecule has 0 spiro atoms. The maximum atomic E-state index is 10.5. The molecule has 6 heteroatoms. The second kappa shape index (κ2) is 9.85. The van der Waals surface area contributed by atoms with Gasteiger partial charge in [-0.3, -0.25) is 9.80 Å². The third-order valence-corrected chi connectivity index (χ3v) is 5.06. The molecular formula is C21H25ClN2O3. The van der Waals surface area contributed by atoms with Crippen molar-refractivity contribution in [2.45, 2.75) is 6.04 Å². The Labute approximate surface area is 165 Å². The topological polar surface area (TPSA) is 53.0 Å². The van der Waals surface area contributed by atoms with Crippen LogP contribution in [0.5, 0.6) is 0 Å². The van der Waals surface area contributed by atoms with Crippen LogP contribution in [0.1, 0.15) is 17.2 Å². The lowest BCUT2D eigenvalue weighted by molar-refractivity contribution is -0.142.